The number of nitrogens with one attached hydrogen (secondary N) is 1. The second kappa shape index (κ2) is 6.54. The number of likely N-dealkylation sites (tertiary alicyclic amines) is 1. The van der Waals surface area contributed by atoms with Crippen LogP contribution in [0.1, 0.15) is 26.2 Å². The number of carbonyl (C=O) groups excluding carboxylic acids is 2. The van der Waals surface area contributed by atoms with Gasteiger partial charge >= 0.3 is 11.8 Å². The third kappa shape index (κ3) is 4.30. The lowest BCUT2D eigenvalue weighted by atomic mass is 9.95. The van der Waals surface area contributed by atoms with Crippen LogP contribution in [0, 0.1) is 5.92 Å². The Hall–Kier alpha value is -1.17. The maximum Gasteiger partial charge on any atom is 0.311 e. The lowest BCUT2D eigenvalue weighted by Gasteiger charge is -2.31. The van der Waals surface area contributed by atoms with Crippen LogP contribution in [0.4, 0.5) is 0 Å². The summed E-state index contributed by atoms with van der Waals surface area (Å²) in [5, 5.41) is 2.42. The van der Waals surface area contributed by atoms with Gasteiger partial charge in [0.2, 0.25) is 0 Å². The van der Waals surface area contributed by atoms with Gasteiger partial charge in [0.1, 0.15) is 0 Å². The molecule has 0 saturated carbocycles. The summed E-state index contributed by atoms with van der Waals surface area (Å²) < 4.78 is 0. The smallest absolute Gasteiger partial charge is 0.311 e. The zero-order valence-electron chi connectivity index (χ0n) is 10.1. The molecule has 0 bridgehead atoms. The summed E-state index contributed by atoms with van der Waals surface area (Å²) in [4.78, 5) is 25.1. The molecular weight excluding hydrogens is 238 g/mol. The van der Waals surface area contributed by atoms with Crippen molar-refractivity contribution in [2.24, 2.45) is 11.7 Å². The zero-order valence-corrected chi connectivity index (χ0v) is 10.9. The first kappa shape index (κ1) is 13.9. The number of nitrogens with zero attached hydrogens (tertiary/aromatic N) is 1. The lowest BCUT2D eigenvalue weighted by Crippen LogP contribution is -2.48. The fourth-order valence-corrected chi connectivity index (χ4v) is 2.04. The second-order valence-electron chi connectivity index (χ2n) is 4.32. The van der Waals surface area contributed by atoms with E-state index >= 15 is 0 Å². The third-order valence-corrected chi connectivity index (χ3v) is 3.15. The zero-order chi connectivity index (χ0) is 12.8. The minimum Gasteiger partial charge on any atom is -0.392 e. The fraction of sp³-hybridized carbons (Fsp3) is 0.727. The van der Waals surface area contributed by atoms with E-state index in [9.17, 15) is 9.59 Å². The molecule has 3 N–H and O–H groups in total. The highest BCUT2D eigenvalue weighted by Gasteiger charge is 2.26. The van der Waals surface area contributed by atoms with E-state index in [0.717, 1.165) is 19.3 Å². The molecule has 0 aromatic rings. The third-order valence-electron chi connectivity index (χ3n) is 3.00. The van der Waals surface area contributed by atoms with Gasteiger partial charge in [-0.3, -0.25) is 9.59 Å². The van der Waals surface area contributed by atoms with Crippen molar-refractivity contribution in [1.82, 2.24) is 10.2 Å². The van der Waals surface area contributed by atoms with E-state index in [1.807, 2.05) is 0 Å². The van der Waals surface area contributed by atoms with Gasteiger partial charge < -0.3 is 16.0 Å². The average molecular weight is 257 g/mol. The van der Waals surface area contributed by atoms with E-state index in [2.05, 4.69) is 24.5 Å². The van der Waals surface area contributed by atoms with Crippen LogP contribution in [0.5, 0.6) is 0 Å². The van der Waals surface area contributed by atoms with Gasteiger partial charge in [-0.1, -0.05) is 25.6 Å². The number of rotatable bonds is 3. The molecule has 0 aromatic heterocycles. The molecule has 1 saturated heterocycles. The first-order chi connectivity index (χ1) is 8.04. The molecule has 1 rings (SSSR count). The first-order valence-electron chi connectivity index (χ1n) is 5.90. The highest BCUT2D eigenvalue weighted by Crippen LogP contribution is 2.18. The van der Waals surface area contributed by atoms with E-state index < -0.39 is 11.8 Å². The highest BCUT2D eigenvalue weighted by atomic mass is 32.1. The van der Waals surface area contributed by atoms with E-state index in [0.29, 0.717) is 19.0 Å². The molecule has 1 unspecified atom stereocenters. The number of hydrogen-bond acceptors (Lipinski definition) is 3. The molecule has 0 aliphatic carbocycles. The van der Waals surface area contributed by atoms with Gasteiger partial charge in [-0.15, -0.1) is 0 Å². The molecule has 0 aromatic carbocycles. The van der Waals surface area contributed by atoms with Crippen molar-refractivity contribution in [1.29, 1.82) is 0 Å². The summed E-state index contributed by atoms with van der Waals surface area (Å²) >= 11 is 4.63. The van der Waals surface area contributed by atoms with Crippen molar-refractivity contribution in [2.75, 3.05) is 19.6 Å². The molecule has 6 heteroatoms. The van der Waals surface area contributed by atoms with Crippen LogP contribution in [-0.2, 0) is 9.59 Å². The van der Waals surface area contributed by atoms with Gasteiger partial charge in [0.15, 0.2) is 0 Å². The minimum atomic E-state index is -0.616. The van der Waals surface area contributed by atoms with Crippen LogP contribution >= 0.6 is 12.2 Å². The Labute approximate surface area is 107 Å². The van der Waals surface area contributed by atoms with Crippen LogP contribution in [0.2, 0.25) is 0 Å². The van der Waals surface area contributed by atoms with E-state index in [-0.39, 0.29) is 11.5 Å². The maximum atomic E-state index is 11.8. The Morgan fingerprint density at radius 3 is 2.82 bits per heavy atom. The van der Waals surface area contributed by atoms with Crippen LogP contribution in [0.3, 0.4) is 0 Å². The van der Waals surface area contributed by atoms with Crippen LogP contribution in [0.25, 0.3) is 0 Å². The molecule has 2 amide bonds. The molecule has 1 fully saturated rings. The molecule has 5 nitrogen and oxygen atoms in total. The minimum absolute atomic E-state index is 0.0744. The van der Waals surface area contributed by atoms with Crippen LogP contribution in [-0.4, -0.2) is 41.3 Å². The summed E-state index contributed by atoms with van der Waals surface area (Å²) in [5.74, 6) is -0.579. The van der Waals surface area contributed by atoms with Crippen LogP contribution in [0.15, 0.2) is 0 Å². The topological polar surface area (TPSA) is 75.4 Å². The van der Waals surface area contributed by atoms with Crippen molar-refractivity contribution >= 4 is 29.0 Å². The fourth-order valence-electron chi connectivity index (χ4n) is 1.97. The van der Waals surface area contributed by atoms with Gasteiger partial charge in [0.05, 0.1) is 11.5 Å². The first-order valence-corrected chi connectivity index (χ1v) is 6.30. The van der Waals surface area contributed by atoms with Gasteiger partial charge in [-0.2, -0.15) is 0 Å². The standard InChI is InChI=1S/C11H19N3O2S/c1-2-8-4-3-5-14(7-8)11(16)10(15)13-6-9(12)17/h8H,2-7H2,1H3,(H2,12,17)(H,13,15). The summed E-state index contributed by atoms with van der Waals surface area (Å²) in [6.07, 6.45) is 3.14. The number of carbonyl (C=O) groups is 2. The number of nitrogens with two attached hydrogens (primary N) is 1. The number of piperidine rings is 1. The monoisotopic (exact) mass is 257 g/mol. The molecule has 17 heavy (non-hydrogen) atoms. The number of hydrogen-bond donors (Lipinski definition) is 2. The van der Waals surface area contributed by atoms with Gasteiger partial charge in [0, 0.05) is 13.1 Å². The summed E-state index contributed by atoms with van der Waals surface area (Å²) in [6.45, 7) is 3.52. The molecule has 1 atom stereocenters. The maximum absolute atomic E-state index is 11.8. The number of thiocarbonyl (C=S) groups is 1. The second-order valence-corrected chi connectivity index (χ2v) is 4.84. The van der Waals surface area contributed by atoms with Crippen LogP contribution < -0.4 is 11.1 Å². The Kier molecular flexibility index (Phi) is 5.34. The van der Waals surface area contributed by atoms with Gasteiger partial charge in [-0.05, 0) is 18.8 Å². The molecule has 0 radical (unpaired) electrons. The highest BCUT2D eigenvalue weighted by molar-refractivity contribution is 7.80. The van der Waals surface area contributed by atoms with Gasteiger partial charge in [-0.25, -0.2) is 0 Å². The Morgan fingerprint density at radius 1 is 1.53 bits per heavy atom. The number of amides is 2. The molecule has 1 aliphatic rings. The summed E-state index contributed by atoms with van der Waals surface area (Å²) in [7, 11) is 0. The molecule has 1 aliphatic heterocycles. The predicted octanol–water partition coefficient (Wildman–Crippen LogP) is 0.0373. The Morgan fingerprint density at radius 2 is 2.24 bits per heavy atom. The summed E-state index contributed by atoms with van der Waals surface area (Å²) in [5.41, 5.74) is 5.25. The van der Waals surface area contributed by atoms with Crippen molar-refractivity contribution < 1.29 is 9.59 Å². The lowest BCUT2D eigenvalue weighted by molar-refractivity contribution is -0.146. The summed E-state index contributed by atoms with van der Waals surface area (Å²) in [6, 6.07) is 0. The normalized spacial score (nSPS) is 19.8. The molecule has 0 spiro atoms. The van der Waals surface area contributed by atoms with Crippen molar-refractivity contribution in [3.8, 4) is 0 Å². The Balaban J connectivity index is 2.45. The molecule has 1 heterocycles. The van der Waals surface area contributed by atoms with Crippen molar-refractivity contribution in [3.05, 3.63) is 0 Å². The Bertz CT molecular complexity index is 320. The van der Waals surface area contributed by atoms with E-state index in [1.54, 1.807) is 4.90 Å². The largest absolute Gasteiger partial charge is 0.392 e. The predicted molar refractivity (Wildman–Crippen MR) is 69.4 cm³/mol. The molecule has 96 valence electrons. The van der Waals surface area contributed by atoms with E-state index in [1.165, 1.54) is 0 Å². The quantitative estimate of drug-likeness (QED) is 0.553. The SMILES string of the molecule is CCC1CCCN(C(=O)C(=O)NCC(N)=S)C1. The van der Waals surface area contributed by atoms with Crippen molar-refractivity contribution in [2.45, 2.75) is 26.2 Å². The average Bonchev–Trinajstić information content (AvgIpc) is 2.35. The molecular formula is C11H19N3O2S. The van der Waals surface area contributed by atoms with Gasteiger partial charge in [0.25, 0.3) is 0 Å². The van der Waals surface area contributed by atoms with E-state index in [4.69, 9.17) is 5.73 Å². The van der Waals surface area contributed by atoms with Crippen molar-refractivity contribution in [3.63, 3.8) is 0 Å².